The molecule has 0 spiro atoms. The molecule has 0 bridgehead atoms. The van der Waals surface area contributed by atoms with Crippen molar-refractivity contribution in [3.8, 4) is 0 Å². The van der Waals surface area contributed by atoms with Crippen molar-refractivity contribution >= 4 is 29.4 Å². The van der Waals surface area contributed by atoms with Gasteiger partial charge in [0.1, 0.15) is 6.54 Å². The molecule has 0 radical (unpaired) electrons. The fraction of sp³-hybridized carbons (Fsp3) is 0.385. The summed E-state index contributed by atoms with van der Waals surface area (Å²) in [6.07, 6.45) is 1.97. The first-order valence-corrected chi connectivity index (χ1v) is 7.20. The highest BCUT2D eigenvalue weighted by atomic mass is 32.2. The predicted octanol–water partition coefficient (Wildman–Crippen LogP) is 1.97. The Morgan fingerprint density at radius 1 is 1.35 bits per heavy atom. The molecular weight excluding hydrogens is 280 g/mol. The Labute approximate surface area is 122 Å². The number of aliphatic carboxylic acids is 1. The fourth-order valence-electron chi connectivity index (χ4n) is 1.49. The number of ether oxygens (including phenoxy) is 1. The molecule has 0 fully saturated rings. The van der Waals surface area contributed by atoms with Crippen LogP contribution < -0.4 is 5.32 Å². The summed E-state index contributed by atoms with van der Waals surface area (Å²) in [6, 6.07) is 6.87. The zero-order chi connectivity index (χ0) is 15.0. The Kier molecular flexibility index (Phi) is 6.89. The molecule has 20 heavy (non-hydrogen) atoms. The Balaban J connectivity index is 2.65. The summed E-state index contributed by atoms with van der Waals surface area (Å²) in [7, 11) is 1.50. The first kappa shape index (κ1) is 16.3. The van der Waals surface area contributed by atoms with Gasteiger partial charge < -0.3 is 20.1 Å². The highest BCUT2D eigenvalue weighted by molar-refractivity contribution is 7.98. The monoisotopic (exact) mass is 298 g/mol. The number of carbonyl (C=O) groups excluding carboxylic acids is 1. The number of nitrogens with zero attached hydrogens (tertiary/aromatic N) is 1. The maximum atomic E-state index is 12.0. The molecule has 7 heteroatoms. The van der Waals surface area contributed by atoms with Crippen LogP contribution in [0.25, 0.3) is 0 Å². The van der Waals surface area contributed by atoms with Crippen LogP contribution in [0.15, 0.2) is 29.2 Å². The Hall–Kier alpha value is -1.73. The van der Waals surface area contributed by atoms with Crippen molar-refractivity contribution in [2.45, 2.75) is 4.90 Å². The van der Waals surface area contributed by atoms with Gasteiger partial charge in [-0.3, -0.25) is 4.79 Å². The molecule has 0 aliphatic carbocycles. The van der Waals surface area contributed by atoms with E-state index in [1.807, 2.05) is 18.4 Å². The van der Waals surface area contributed by atoms with E-state index < -0.39 is 12.0 Å². The topological polar surface area (TPSA) is 78.9 Å². The first-order valence-electron chi connectivity index (χ1n) is 5.97. The highest BCUT2D eigenvalue weighted by Gasteiger charge is 2.16. The molecule has 0 aliphatic heterocycles. The average molecular weight is 298 g/mol. The molecule has 1 aromatic carbocycles. The quantitative estimate of drug-likeness (QED) is 0.752. The van der Waals surface area contributed by atoms with Gasteiger partial charge in [-0.15, -0.1) is 11.8 Å². The molecular formula is C13H18N2O4S. The lowest BCUT2D eigenvalue weighted by Crippen LogP contribution is -2.40. The lowest BCUT2D eigenvalue weighted by atomic mass is 10.3. The van der Waals surface area contributed by atoms with Gasteiger partial charge in [0.25, 0.3) is 0 Å². The first-order chi connectivity index (χ1) is 9.56. The number of carboxylic acid groups (broad SMARTS) is 1. The van der Waals surface area contributed by atoms with Gasteiger partial charge in [0, 0.05) is 24.2 Å². The maximum absolute atomic E-state index is 12.0. The smallest absolute Gasteiger partial charge is 0.323 e. The second-order valence-corrected chi connectivity index (χ2v) is 4.85. The van der Waals surface area contributed by atoms with Crippen molar-refractivity contribution in [1.29, 1.82) is 0 Å². The van der Waals surface area contributed by atoms with Crippen LogP contribution in [0.3, 0.4) is 0 Å². The number of benzene rings is 1. The number of anilines is 1. The molecule has 0 aromatic heterocycles. The third-order valence-corrected chi connectivity index (χ3v) is 3.26. The number of hydrogen-bond acceptors (Lipinski definition) is 4. The molecule has 0 saturated heterocycles. The van der Waals surface area contributed by atoms with Crippen LogP contribution in [-0.4, -0.2) is 55.1 Å². The van der Waals surface area contributed by atoms with Crippen molar-refractivity contribution in [2.24, 2.45) is 0 Å². The van der Waals surface area contributed by atoms with E-state index in [9.17, 15) is 9.59 Å². The summed E-state index contributed by atoms with van der Waals surface area (Å²) in [5.41, 5.74) is 0.626. The van der Waals surface area contributed by atoms with Crippen LogP contribution in [0, 0.1) is 0 Å². The molecule has 0 atom stereocenters. The van der Waals surface area contributed by atoms with E-state index in [-0.39, 0.29) is 19.7 Å². The summed E-state index contributed by atoms with van der Waals surface area (Å²) >= 11 is 1.60. The number of thioether (sulfide) groups is 1. The molecule has 110 valence electrons. The van der Waals surface area contributed by atoms with Crippen LogP contribution in [0.4, 0.5) is 10.5 Å². The normalized spacial score (nSPS) is 10.1. The van der Waals surface area contributed by atoms with E-state index in [1.54, 1.807) is 23.9 Å². The van der Waals surface area contributed by atoms with E-state index in [0.717, 1.165) is 4.90 Å². The third kappa shape index (κ3) is 5.50. The highest BCUT2D eigenvalue weighted by Crippen LogP contribution is 2.17. The van der Waals surface area contributed by atoms with Crippen LogP contribution in [0.1, 0.15) is 0 Å². The van der Waals surface area contributed by atoms with Gasteiger partial charge >= 0.3 is 12.0 Å². The summed E-state index contributed by atoms with van der Waals surface area (Å²) in [4.78, 5) is 25.0. The zero-order valence-electron chi connectivity index (χ0n) is 11.5. The molecule has 1 rings (SSSR count). The number of nitrogens with one attached hydrogen (secondary N) is 1. The van der Waals surface area contributed by atoms with Crippen LogP contribution >= 0.6 is 11.8 Å². The summed E-state index contributed by atoms with van der Waals surface area (Å²) in [5, 5.41) is 11.5. The van der Waals surface area contributed by atoms with Gasteiger partial charge in [0.15, 0.2) is 0 Å². The van der Waals surface area contributed by atoms with Gasteiger partial charge in [0.05, 0.1) is 6.61 Å². The van der Waals surface area contributed by atoms with Crippen molar-refractivity contribution < 1.29 is 19.4 Å². The lowest BCUT2D eigenvalue weighted by molar-refractivity contribution is -0.137. The zero-order valence-corrected chi connectivity index (χ0v) is 12.3. The van der Waals surface area contributed by atoms with E-state index >= 15 is 0 Å². The maximum Gasteiger partial charge on any atom is 0.323 e. The average Bonchev–Trinajstić information content (AvgIpc) is 2.43. The number of hydrogen-bond donors (Lipinski definition) is 2. The molecule has 1 aromatic rings. The van der Waals surface area contributed by atoms with E-state index in [4.69, 9.17) is 9.84 Å². The minimum Gasteiger partial charge on any atom is -0.480 e. The Bertz CT molecular complexity index is 450. The van der Waals surface area contributed by atoms with Gasteiger partial charge in [-0.1, -0.05) is 0 Å². The summed E-state index contributed by atoms with van der Waals surface area (Å²) in [6.45, 7) is 0.141. The van der Waals surface area contributed by atoms with Crippen LogP contribution in [-0.2, 0) is 9.53 Å². The SMILES string of the molecule is COCCN(CC(=O)O)C(=O)Nc1ccc(SC)cc1. The largest absolute Gasteiger partial charge is 0.480 e. The number of amides is 2. The minimum absolute atomic E-state index is 0.220. The third-order valence-electron chi connectivity index (χ3n) is 2.52. The van der Waals surface area contributed by atoms with Crippen molar-refractivity contribution in [3.63, 3.8) is 0 Å². The lowest BCUT2D eigenvalue weighted by Gasteiger charge is -2.20. The molecule has 0 heterocycles. The summed E-state index contributed by atoms with van der Waals surface area (Å²) in [5.74, 6) is -1.06. The molecule has 0 saturated carbocycles. The van der Waals surface area contributed by atoms with Gasteiger partial charge in [-0.25, -0.2) is 4.79 Å². The number of urea groups is 1. The predicted molar refractivity (Wildman–Crippen MR) is 78.3 cm³/mol. The van der Waals surface area contributed by atoms with Crippen LogP contribution in [0.5, 0.6) is 0 Å². The van der Waals surface area contributed by atoms with Crippen molar-refractivity contribution in [2.75, 3.05) is 38.4 Å². The van der Waals surface area contributed by atoms with Gasteiger partial charge in [-0.2, -0.15) is 0 Å². The Morgan fingerprint density at radius 2 is 2.00 bits per heavy atom. The molecule has 0 unspecified atom stereocenters. The summed E-state index contributed by atoms with van der Waals surface area (Å²) < 4.78 is 4.87. The standard InChI is InChI=1S/C13H18N2O4S/c1-19-8-7-15(9-12(16)17)13(18)14-10-3-5-11(20-2)6-4-10/h3-6H,7-9H2,1-2H3,(H,14,18)(H,16,17). The molecule has 2 N–H and O–H groups in total. The van der Waals surface area contributed by atoms with E-state index in [2.05, 4.69) is 5.32 Å². The molecule has 2 amide bonds. The van der Waals surface area contributed by atoms with E-state index in [0.29, 0.717) is 5.69 Å². The number of rotatable bonds is 7. The Morgan fingerprint density at radius 3 is 2.50 bits per heavy atom. The number of carbonyl (C=O) groups is 2. The van der Waals surface area contributed by atoms with Crippen molar-refractivity contribution in [1.82, 2.24) is 4.90 Å². The number of methoxy groups -OCH3 is 1. The second kappa shape index (κ2) is 8.44. The van der Waals surface area contributed by atoms with Gasteiger partial charge in [0.2, 0.25) is 0 Å². The van der Waals surface area contributed by atoms with E-state index in [1.165, 1.54) is 12.0 Å². The minimum atomic E-state index is -1.06. The fourth-order valence-corrected chi connectivity index (χ4v) is 1.90. The van der Waals surface area contributed by atoms with Crippen LogP contribution in [0.2, 0.25) is 0 Å². The molecule has 0 aliphatic rings. The van der Waals surface area contributed by atoms with Crippen molar-refractivity contribution in [3.05, 3.63) is 24.3 Å². The second-order valence-electron chi connectivity index (χ2n) is 3.97. The number of carboxylic acids is 1. The van der Waals surface area contributed by atoms with Gasteiger partial charge in [-0.05, 0) is 30.5 Å². The molecule has 6 nitrogen and oxygen atoms in total.